The summed E-state index contributed by atoms with van der Waals surface area (Å²) in [6, 6.07) is 9.10. The molecule has 0 radical (unpaired) electrons. The van der Waals surface area contributed by atoms with Gasteiger partial charge >= 0.3 is 0 Å². The molecule has 0 aliphatic carbocycles. The first-order valence-corrected chi connectivity index (χ1v) is 5.98. The van der Waals surface area contributed by atoms with Gasteiger partial charge in [0.25, 0.3) is 0 Å². The third-order valence-electron chi connectivity index (χ3n) is 2.29. The summed E-state index contributed by atoms with van der Waals surface area (Å²) < 4.78 is 5.58. The van der Waals surface area contributed by atoms with Gasteiger partial charge in [-0.2, -0.15) is 0 Å². The zero-order valence-corrected chi connectivity index (χ0v) is 10.6. The zero-order valence-electron chi connectivity index (χ0n) is 9.07. The monoisotopic (exact) mass is 267 g/mol. The van der Waals surface area contributed by atoms with Crippen LogP contribution in [-0.2, 0) is 6.42 Å². The number of ether oxygens (including phenoxy) is 1. The van der Waals surface area contributed by atoms with Gasteiger partial charge in [-0.25, -0.2) is 0 Å². The first-order chi connectivity index (χ1) is 8.25. The van der Waals surface area contributed by atoms with E-state index in [4.69, 9.17) is 27.9 Å². The number of benzene rings is 1. The van der Waals surface area contributed by atoms with Crippen molar-refractivity contribution >= 4 is 23.2 Å². The lowest BCUT2D eigenvalue weighted by atomic mass is 10.2. The molecule has 0 N–H and O–H groups in total. The van der Waals surface area contributed by atoms with E-state index in [9.17, 15) is 0 Å². The van der Waals surface area contributed by atoms with E-state index in [1.807, 2.05) is 12.1 Å². The van der Waals surface area contributed by atoms with E-state index in [1.54, 1.807) is 30.6 Å². The Morgan fingerprint density at radius 1 is 1.06 bits per heavy atom. The molecule has 0 saturated heterocycles. The van der Waals surface area contributed by atoms with Crippen molar-refractivity contribution in [1.29, 1.82) is 0 Å². The van der Waals surface area contributed by atoms with Crippen LogP contribution in [0, 0.1) is 0 Å². The third kappa shape index (κ3) is 3.62. The SMILES string of the molecule is Clc1ccc(Cl)c(OCCc2ccncc2)c1. The second-order valence-corrected chi connectivity index (χ2v) is 4.37. The van der Waals surface area contributed by atoms with E-state index in [-0.39, 0.29) is 0 Å². The van der Waals surface area contributed by atoms with Crippen LogP contribution in [0.5, 0.6) is 5.75 Å². The molecule has 1 aromatic carbocycles. The highest BCUT2D eigenvalue weighted by Gasteiger charge is 2.02. The highest BCUT2D eigenvalue weighted by Crippen LogP contribution is 2.27. The van der Waals surface area contributed by atoms with Crippen molar-refractivity contribution in [3.8, 4) is 5.75 Å². The Morgan fingerprint density at radius 2 is 1.82 bits per heavy atom. The minimum atomic E-state index is 0.560. The van der Waals surface area contributed by atoms with E-state index in [1.165, 1.54) is 5.56 Å². The predicted molar refractivity (Wildman–Crippen MR) is 69.9 cm³/mol. The predicted octanol–water partition coefficient (Wildman–Crippen LogP) is 4.01. The normalized spacial score (nSPS) is 10.2. The molecule has 1 heterocycles. The van der Waals surface area contributed by atoms with E-state index >= 15 is 0 Å². The number of rotatable bonds is 4. The molecule has 0 aliphatic rings. The molecule has 0 aliphatic heterocycles. The molecule has 0 fully saturated rings. The summed E-state index contributed by atoms with van der Waals surface area (Å²) in [5.74, 6) is 0.619. The minimum Gasteiger partial charge on any atom is -0.492 e. The topological polar surface area (TPSA) is 22.1 Å². The lowest BCUT2D eigenvalue weighted by Crippen LogP contribution is -2.01. The second-order valence-electron chi connectivity index (χ2n) is 3.53. The van der Waals surface area contributed by atoms with E-state index in [0.717, 1.165) is 6.42 Å². The molecule has 88 valence electrons. The summed E-state index contributed by atoms with van der Waals surface area (Å²) in [6.45, 7) is 0.560. The maximum absolute atomic E-state index is 5.98. The summed E-state index contributed by atoms with van der Waals surface area (Å²) in [7, 11) is 0. The molecule has 0 spiro atoms. The van der Waals surface area contributed by atoms with Crippen molar-refractivity contribution < 1.29 is 4.74 Å². The van der Waals surface area contributed by atoms with Crippen LogP contribution in [0.1, 0.15) is 5.56 Å². The second kappa shape index (κ2) is 5.89. The number of nitrogens with zero attached hydrogens (tertiary/aromatic N) is 1. The van der Waals surface area contributed by atoms with Gasteiger partial charge in [0, 0.05) is 29.9 Å². The smallest absolute Gasteiger partial charge is 0.139 e. The zero-order chi connectivity index (χ0) is 12.1. The average molecular weight is 268 g/mol. The van der Waals surface area contributed by atoms with Gasteiger partial charge in [0.2, 0.25) is 0 Å². The fourth-order valence-electron chi connectivity index (χ4n) is 1.42. The standard InChI is InChI=1S/C13H11Cl2NO/c14-11-1-2-12(15)13(9-11)17-8-5-10-3-6-16-7-4-10/h1-4,6-7,9H,5,8H2. The van der Waals surface area contributed by atoms with Crippen LogP contribution in [-0.4, -0.2) is 11.6 Å². The van der Waals surface area contributed by atoms with Crippen molar-refractivity contribution in [3.05, 3.63) is 58.3 Å². The van der Waals surface area contributed by atoms with E-state index < -0.39 is 0 Å². The van der Waals surface area contributed by atoms with Crippen LogP contribution in [0.15, 0.2) is 42.7 Å². The Morgan fingerprint density at radius 3 is 2.59 bits per heavy atom. The molecule has 0 saturated carbocycles. The Hall–Kier alpha value is -1.25. The molecule has 2 nitrogen and oxygen atoms in total. The lowest BCUT2D eigenvalue weighted by molar-refractivity contribution is 0.322. The van der Waals surface area contributed by atoms with Gasteiger partial charge in [-0.15, -0.1) is 0 Å². The molecule has 0 bridgehead atoms. The molecule has 2 aromatic rings. The van der Waals surface area contributed by atoms with Crippen LogP contribution in [0.3, 0.4) is 0 Å². The van der Waals surface area contributed by atoms with E-state index in [2.05, 4.69) is 4.98 Å². The summed E-state index contributed by atoms with van der Waals surface area (Å²) >= 11 is 11.9. The Bertz CT molecular complexity index is 488. The molecular formula is C13H11Cl2NO. The van der Waals surface area contributed by atoms with Gasteiger partial charge in [0.15, 0.2) is 0 Å². The Kier molecular flexibility index (Phi) is 4.24. The molecule has 4 heteroatoms. The van der Waals surface area contributed by atoms with Gasteiger partial charge in [-0.05, 0) is 29.8 Å². The molecular weight excluding hydrogens is 257 g/mol. The van der Waals surface area contributed by atoms with Crippen molar-refractivity contribution in [2.75, 3.05) is 6.61 Å². The average Bonchev–Trinajstić information content (AvgIpc) is 2.35. The van der Waals surface area contributed by atoms with Crippen LogP contribution < -0.4 is 4.74 Å². The van der Waals surface area contributed by atoms with Gasteiger partial charge in [0.05, 0.1) is 11.6 Å². The van der Waals surface area contributed by atoms with Gasteiger partial charge < -0.3 is 4.74 Å². The maximum atomic E-state index is 5.98. The highest BCUT2D eigenvalue weighted by molar-refractivity contribution is 6.34. The molecule has 17 heavy (non-hydrogen) atoms. The number of halogens is 2. The van der Waals surface area contributed by atoms with Crippen LogP contribution in [0.2, 0.25) is 10.0 Å². The maximum Gasteiger partial charge on any atom is 0.139 e. The summed E-state index contributed by atoms with van der Waals surface area (Å²) in [4.78, 5) is 3.96. The number of hydrogen-bond acceptors (Lipinski definition) is 2. The summed E-state index contributed by atoms with van der Waals surface area (Å²) in [5, 5.41) is 1.19. The van der Waals surface area contributed by atoms with Gasteiger partial charge in [-0.3, -0.25) is 4.98 Å². The largest absolute Gasteiger partial charge is 0.492 e. The van der Waals surface area contributed by atoms with Crippen molar-refractivity contribution in [2.45, 2.75) is 6.42 Å². The van der Waals surface area contributed by atoms with Crippen LogP contribution in [0.4, 0.5) is 0 Å². The first kappa shape index (κ1) is 12.2. The summed E-state index contributed by atoms with van der Waals surface area (Å²) in [5.41, 5.74) is 1.18. The summed E-state index contributed by atoms with van der Waals surface area (Å²) in [6.07, 6.45) is 4.34. The fourth-order valence-corrected chi connectivity index (χ4v) is 1.75. The van der Waals surface area contributed by atoms with Gasteiger partial charge in [-0.1, -0.05) is 23.2 Å². The van der Waals surface area contributed by atoms with Gasteiger partial charge in [0.1, 0.15) is 5.75 Å². The van der Waals surface area contributed by atoms with Crippen molar-refractivity contribution in [2.24, 2.45) is 0 Å². The molecule has 0 atom stereocenters. The van der Waals surface area contributed by atoms with Crippen molar-refractivity contribution in [3.63, 3.8) is 0 Å². The quantitative estimate of drug-likeness (QED) is 0.835. The third-order valence-corrected chi connectivity index (χ3v) is 2.84. The lowest BCUT2D eigenvalue weighted by Gasteiger charge is -2.08. The van der Waals surface area contributed by atoms with E-state index in [0.29, 0.717) is 22.4 Å². The van der Waals surface area contributed by atoms with Crippen LogP contribution in [0.25, 0.3) is 0 Å². The number of aromatic nitrogens is 1. The van der Waals surface area contributed by atoms with Crippen LogP contribution >= 0.6 is 23.2 Å². The fraction of sp³-hybridized carbons (Fsp3) is 0.154. The first-order valence-electron chi connectivity index (χ1n) is 5.22. The van der Waals surface area contributed by atoms with Crippen molar-refractivity contribution in [1.82, 2.24) is 4.98 Å². The highest BCUT2D eigenvalue weighted by atomic mass is 35.5. The Balaban J connectivity index is 1.92. The minimum absolute atomic E-state index is 0.560. The molecule has 2 rings (SSSR count). The number of hydrogen-bond donors (Lipinski definition) is 0. The Labute approximate surface area is 110 Å². The molecule has 0 unspecified atom stereocenters. The number of pyridine rings is 1. The molecule has 1 aromatic heterocycles. The molecule has 0 amide bonds.